The maximum absolute atomic E-state index is 11.8. The third-order valence-corrected chi connectivity index (χ3v) is 4.00. The van der Waals surface area contributed by atoms with Crippen LogP contribution in [0.2, 0.25) is 0 Å². The third-order valence-electron chi connectivity index (χ3n) is 2.36. The molecular weight excluding hydrogens is 256 g/mol. The van der Waals surface area contributed by atoms with E-state index in [0.29, 0.717) is 22.9 Å². The lowest BCUT2D eigenvalue weighted by molar-refractivity contribution is 0.174. The molecule has 0 fully saturated rings. The highest BCUT2D eigenvalue weighted by Crippen LogP contribution is 2.38. The molecule has 3 N–H and O–H groups in total. The first kappa shape index (κ1) is 12.8. The summed E-state index contributed by atoms with van der Waals surface area (Å²) in [5.41, 5.74) is 6.40. The molecule has 0 atom stereocenters. The molecule has 0 bridgehead atoms. The lowest BCUT2D eigenvalue weighted by Crippen LogP contribution is -2.20. The van der Waals surface area contributed by atoms with E-state index in [1.807, 2.05) is 13.8 Å². The fourth-order valence-electron chi connectivity index (χ4n) is 1.69. The van der Waals surface area contributed by atoms with Gasteiger partial charge in [0.2, 0.25) is 16.8 Å². The van der Waals surface area contributed by atoms with Crippen LogP contribution in [0.3, 0.4) is 0 Å². The molecule has 0 radical (unpaired) electrons. The van der Waals surface area contributed by atoms with Gasteiger partial charge < -0.3 is 15.2 Å². The molecule has 100 valence electrons. The van der Waals surface area contributed by atoms with Gasteiger partial charge in [0.1, 0.15) is 0 Å². The van der Waals surface area contributed by atoms with Crippen molar-refractivity contribution in [3.8, 4) is 11.5 Å². The van der Waals surface area contributed by atoms with Crippen molar-refractivity contribution in [3.05, 3.63) is 12.1 Å². The van der Waals surface area contributed by atoms with E-state index >= 15 is 0 Å². The number of hydrogen-bond acceptors (Lipinski definition) is 5. The molecule has 1 aromatic rings. The minimum atomic E-state index is -3.40. The summed E-state index contributed by atoms with van der Waals surface area (Å²) in [5, 5.41) is 0. The van der Waals surface area contributed by atoms with Gasteiger partial charge in [-0.15, -0.1) is 0 Å². The van der Waals surface area contributed by atoms with E-state index in [-0.39, 0.29) is 18.5 Å². The molecule has 18 heavy (non-hydrogen) atoms. The van der Waals surface area contributed by atoms with E-state index < -0.39 is 10.0 Å². The molecule has 0 amide bonds. The lowest BCUT2D eigenvalue weighted by Gasteiger charge is -2.12. The lowest BCUT2D eigenvalue weighted by atomic mass is 10.2. The fourth-order valence-corrected chi connectivity index (χ4v) is 3.17. The van der Waals surface area contributed by atoms with Crippen LogP contribution in [0.5, 0.6) is 11.5 Å². The van der Waals surface area contributed by atoms with Gasteiger partial charge >= 0.3 is 0 Å². The number of hydrogen-bond donors (Lipinski definition) is 2. The van der Waals surface area contributed by atoms with E-state index in [2.05, 4.69) is 4.72 Å². The number of sulfonamides is 1. The van der Waals surface area contributed by atoms with Crippen LogP contribution in [0.15, 0.2) is 12.1 Å². The van der Waals surface area contributed by atoms with Crippen molar-refractivity contribution in [2.75, 3.05) is 23.0 Å². The highest BCUT2D eigenvalue weighted by atomic mass is 32.2. The Morgan fingerprint density at radius 3 is 2.56 bits per heavy atom. The van der Waals surface area contributed by atoms with Gasteiger partial charge in [0, 0.05) is 12.1 Å². The number of rotatable bonds is 4. The molecule has 2 rings (SSSR count). The van der Waals surface area contributed by atoms with Crippen LogP contribution in [0.25, 0.3) is 0 Å². The Morgan fingerprint density at radius 2 is 1.94 bits per heavy atom. The number of fused-ring (bicyclic) bond motifs is 1. The number of nitrogens with two attached hydrogens (primary N) is 1. The second kappa shape index (κ2) is 4.56. The minimum absolute atomic E-state index is 0.0396. The van der Waals surface area contributed by atoms with Crippen molar-refractivity contribution in [2.45, 2.75) is 13.8 Å². The van der Waals surface area contributed by atoms with Crippen LogP contribution < -0.4 is 19.9 Å². The van der Waals surface area contributed by atoms with E-state index in [9.17, 15) is 8.42 Å². The van der Waals surface area contributed by atoms with Crippen molar-refractivity contribution in [1.29, 1.82) is 0 Å². The average molecular weight is 272 g/mol. The number of benzene rings is 1. The molecule has 0 saturated heterocycles. The van der Waals surface area contributed by atoms with E-state index in [1.165, 1.54) is 6.07 Å². The summed E-state index contributed by atoms with van der Waals surface area (Å²) in [5.74, 6) is 1.10. The molecule has 1 heterocycles. The van der Waals surface area contributed by atoms with Crippen molar-refractivity contribution >= 4 is 21.4 Å². The van der Waals surface area contributed by atoms with E-state index in [4.69, 9.17) is 15.2 Å². The van der Waals surface area contributed by atoms with Crippen molar-refractivity contribution < 1.29 is 17.9 Å². The number of anilines is 2. The van der Waals surface area contributed by atoms with Gasteiger partial charge in [0.05, 0.1) is 17.1 Å². The smallest absolute Gasteiger partial charge is 0.233 e. The first-order valence-electron chi connectivity index (χ1n) is 5.57. The molecule has 0 unspecified atom stereocenters. The van der Waals surface area contributed by atoms with Gasteiger partial charge in [-0.3, -0.25) is 4.72 Å². The molecular formula is C11H16N2O4S. The van der Waals surface area contributed by atoms with Crippen molar-refractivity contribution in [3.63, 3.8) is 0 Å². The molecule has 0 aromatic heterocycles. The summed E-state index contributed by atoms with van der Waals surface area (Å²) in [6.45, 7) is 3.79. The molecule has 1 aliphatic rings. The van der Waals surface area contributed by atoms with Crippen LogP contribution in [0.4, 0.5) is 11.4 Å². The van der Waals surface area contributed by atoms with Gasteiger partial charge in [-0.25, -0.2) is 8.42 Å². The van der Waals surface area contributed by atoms with Crippen LogP contribution >= 0.6 is 0 Å². The molecule has 1 aromatic carbocycles. The first-order chi connectivity index (χ1) is 8.37. The molecule has 0 saturated carbocycles. The van der Waals surface area contributed by atoms with Crippen molar-refractivity contribution in [1.82, 2.24) is 0 Å². The Hall–Kier alpha value is -1.63. The molecule has 0 spiro atoms. The Labute approximate surface area is 106 Å². The monoisotopic (exact) mass is 272 g/mol. The average Bonchev–Trinajstić information content (AvgIpc) is 2.62. The van der Waals surface area contributed by atoms with Gasteiger partial charge in [0.25, 0.3) is 0 Å². The zero-order valence-electron chi connectivity index (χ0n) is 10.3. The Bertz CT molecular complexity index is 554. The quantitative estimate of drug-likeness (QED) is 0.808. The zero-order chi connectivity index (χ0) is 13.3. The summed E-state index contributed by atoms with van der Waals surface area (Å²) in [7, 11) is -3.40. The topological polar surface area (TPSA) is 90.7 Å². The highest BCUT2D eigenvalue weighted by Gasteiger charge is 2.19. The molecule has 0 aliphatic carbocycles. The maximum atomic E-state index is 11.8. The van der Waals surface area contributed by atoms with Gasteiger partial charge in [-0.2, -0.15) is 0 Å². The Balaban J connectivity index is 2.25. The Kier molecular flexibility index (Phi) is 3.25. The van der Waals surface area contributed by atoms with Crippen molar-refractivity contribution in [2.24, 2.45) is 5.92 Å². The minimum Gasteiger partial charge on any atom is -0.454 e. The molecule has 1 aliphatic heterocycles. The molecule has 7 heteroatoms. The first-order valence-corrected chi connectivity index (χ1v) is 7.22. The fraction of sp³-hybridized carbons (Fsp3) is 0.455. The predicted octanol–water partition coefficient (Wildman–Crippen LogP) is 1.40. The normalized spacial score (nSPS) is 13.9. The number of nitrogens with one attached hydrogen (secondary N) is 1. The van der Waals surface area contributed by atoms with E-state index in [0.717, 1.165) is 0 Å². The third kappa shape index (κ3) is 2.79. The SMILES string of the molecule is CC(C)CS(=O)(=O)Nc1cc2c(cc1N)OCO2. The summed E-state index contributed by atoms with van der Waals surface area (Å²) in [6.07, 6.45) is 0. The molecule has 6 nitrogen and oxygen atoms in total. The number of ether oxygens (including phenoxy) is 2. The number of nitrogen functional groups attached to an aromatic ring is 1. The van der Waals surface area contributed by atoms with Gasteiger partial charge in [-0.1, -0.05) is 13.8 Å². The van der Waals surface area contributed by atoms with Crippen LogP contribution in [-0.2, 0) is 10.0 Å². The standard InChI is InChI=1S/C11H16N2O4S/c1-7(2)5-18(14,15)13-9-4-11-10(3-8(9)12)16-6-17-11/h3-4,7,13H,5-6,12H2,1-2H3. The second-order valence-electron chi connectivity index (χ2n) is 4.57. The zero-order valence-corrected chi connectivity index (χ0v) is 11.1. The van der Waals surface area contributed by atoms with Crippen LogP contribution in [0.1, 0.15) is 13.8 Å². The maximum Gasteiger partial charge on any atom is 0.233 e. The van der Waals surface area contributed by atoms with Crippen LogP contribution in [-0.4, -0.2) is 21.0 Å². The second-order valence-corrected chi connectivity index (χ2v) is 6.34. The predicted molar refractivity (Wildman–Crippen MR) is 69.2 cm³/mol. The largest absolute Gasteiger partial charge is 0.454 e. The van der Waals surface area contributed by atoms with Crippen LogP contribution in [0, 0.1) is 5.92 Å². The van der Waals surface area contributed by atoms with Gasteiger partial charge in [0.15, 0.2) is 11.5 Å². The Morgan fingerprint density at radius 1 is 1.33 bits per heavy atom. The summed E-state index contributed by atoms with van der Waals surface area (Å²) in [4.78, 5) is 0. The van der Waals surface area contributed by atoms with Gasteiger partial charge in [-0.05, 0) is 5.92 Å². The van der Waals surface area contributed by atoms with E-state index in [1.54, 1.807) is 6.07 Å². The highest BCUT2D eigenvalue weighted by molar-refractivity contribution is 7.92. The summed E-state index contributed by atoms with van der Waals surface area (Å²) < 4.78 is 36.4. The summed E-state index contributed by atoms with van der Waals surface area (Å²) >= 11 is 0. The summed E-state index contributed by atoms with van der Waals surface area (Å²) in [6, 6.07) is 3.09.